The summed E-state index contributed by atoms with van der Waals surface area (Å²) in [6.07, 6.45) is 1.41. The minimum absolute atomic E-state index is 0.255. The molecular formula is C15H26N2O2. The van der Waals surface area contributed by atoms with E-state index in [4.69, 9.17) is 4.74 Å². The second-order valence-electron chi connectivity index (χ2n) is 5.23. The molecule has 0 unspecified atom stereocenters. The predicted molar refractivity (Wildman–Crippen MR) is 76.7 cm³/mol. The summed E-state index contributed by atoms with van der Waals surface area (Å²) >= 11 is 0. The van der Waals surface area contributed by atoms with Crippen LogP contribution in [-0.4, -0.2) is 62.1 Å². The molecule has 108 valence electrons. The van der Waals surface area contributed by atoms with Crippen molar-refractivity contribution in [3.8, 4) is 11.8 Å². The van der Waals surface area contributed by atoms with E-state index in [-0.39, 0.29) is 5.91 Å². The van der Waals surface area contributed by atoms with Gasteiger partial charge in [0.2, 0.25) is 5.91 Å². The summed E-state index contributed by atoms with van der Waals surface area (Å²) in [5, 5.41) is 0. The molecule has 0 radical (unpaired) electrons. The van der Waals surface area contributed by atoms with Crippen LogP contribution in [0.5, 0.6) is 0 Å². The van der Waals surface area contributed by atoms with E-state index in [0.717, 1.165) is 39.1 Å². The predicted octanol–water partition coefficient (Wildman–Crippen LogP) is 1.22. The SMILES string of the molecule is COCCCC(=O)N1CCN(CC#CC(C)C)CC1. The number of amides is 1. The number of methoxy groups -OCH3 is 1. The lowest BCUT2D eigenvalue weighted by molar-refractivity contribution is -0.133. The maximum absolute atomic E-state index is 11.9. The van der Waals surface area contributed by atoms with Crippen LogP contribution in [0.2, 0.25) is 0 Å². The molecule has 4 heteroatoms. The molecule has 1 heterocycles. The summed E-state index contributed by atoms with van der Waals surface area (Å²) in [6.45, 7) is 9.21. The number of piperazine rings is 1. The summed E-state index contributed by atoms with van der Waals surface area (Å²) in [5.74, 6) is 7.06. The highest BCUT2D eigenvalue weighted by Gasteiger charge is 2.19. The van der Waals surface area contributed by atoms with E-state index in [1.54, 1.807) is 7.11 Å². The van der Waals surface area contributed by atoms with E-state index in [2.05, 4.69) is 30.6 Å². The Morgan fingerprint density at radius 1 is 1.26 bits per heavy atom. The topological polar surface area (TPSA) is 32.8 Å². The highest BCUT2D eigenvalue weighted by molar-refractivity contribution is 5.76. The quantitative estimate of drug-likeness (QED) is 0.554. The van der Waals surface area contributed by atoms with Crippen molar-refractivity contribution in [3.63, 3.8) is 0 Å². The zero-order valence-electron chi connectivity index (χ0n) is 12.4. The molecule has 1 amide bonds. The molecule has 4 nitrogen and oxygen atoms in total. The third-order valence-corrected chi connectivity index (χ3v) is 3.16. The molecule has 0 aliphatic carbocycles. The highest BCUT2D eigenvalue weighted by atomic mass is 16.5. The van der Waals surface area contributed by atoms with Crippen LogP contribution in [-0.2, 0) is 9.53 Å². The Hall–Kier alpha value is -1.05. The Labute approximate surface area is 117 Å². The van der Waals surface area contributed by atoms with Gasteiger partial charge >= 0.3 is 0 Å². The Balaban J connectivity index is 2.21. The number of hydrogen-bond donors (Lipinski definition) is 0. The van der Waals surface area contributed by atoms with Gasteiger partial charge in [-0.2, -0.15) is 0 Å². The maximum Gasteiger partial charge on any atom is 0.222 e. The van der Waals surface area contributed by atoms with E-state index in [0.29, 0.717) is 18.9 Å². The molecule has 0 aromatic heterocycles. The molecule has 0 N–H and O–H groups in total. The first-order valence-corrected chi connectivity index (χ1v) is 7.11. The third kappa shape index (κ3) is 6.60. The summed E-state index contributed by atoms with van der Waals surface area (Å²) in [7, 11) is 1.67. The molecule has 0 saturated carbocycles. The van der Waals surface area contributed by atoms with Gasteiger partial charge in [0.05, 0.1) is 6.54 Å². The van der Waals surface area contributed by atoms with Gasteiger partial charge in [-0.3, -0.25) is 9.69 Å². The van der Waals surface area contributed by atoms with Crippen LogP contribution in [0.1, 0.15) is 26.7 Å². The molecule has 0 aromatic rings. The maximum atomic E-state index is 11.9. The molecule has 0 atom stereocenters. The minimum Gasteiger partial charge on any atom is -0.385 e. The summed E-state index contributed by atoms with van der Waals surface area (Å²) in [5.41, 5.74) is 0. The second-order valence-corrected chi connectivity index (χ2v) is 5.23. The molecule has 1 aliphatic heterocycles. The Morgan fingerprint density at radius 3 is 2.53 bits per heavy atom. The number of hydrogen-bond acceptors (Lipinski definition) is 3. The highest BCUT2D eigenvalue weighted by Crippen LogP contribution is 2.05. The standard InChI is InChI=1S/C15H26N2O2/c1-14(2)6-4-8-16-9-11-17(12-10-16)15(18)7-5-13-19-3/h14H,5,7-13H2,1-3H3. The number of ether oxygens (including phenoxy) is 1. The van der Waals surface area contributed by atoms with E-state index < -0.39 is 0 Å². The molecule has 1 aliphatic rings. The van der Waals surface area contributed by atoms with Crippen LogP contribution in [0.15, 0.2) is 0 Å². The first kappa shape index (κ1) is 16.0. The fourth-order valence-corrected chi connectivity index (χ4v) is 2.04. The van der Waals surface area contributed by atoms with Crippen molar-refractivity contribution in [2.75, 3.05) is 46.4 Å². The normalized spacial score (nSPS) is 16.3. The average molecular weight is 266 g/mol. The number of rotatable bonds is 5. The van der Waals surface area contributed by atoms with Crippen molar-refractivity contribution in [1.29, 1.82) is 0 Å². The van der Waals surface area contributed by atoms with Crippen LogP contribution in [0.3, 0.4) is 0 Å². The molecule has 1 saturated heterocycles. The second kappa shape index (κ2) is 8.95. The van der Waals surface area contributed by atoms with Gasteiger partial charge in [0, 0.05) is 52.2 Å². The van der Waals surface area contributed by atoms with Crippen molar-refractivity contribution in [1.82, 2.24) is 9.80 Å². The van der Waals surface area contributed by atoms with Crippen LogP contribution in [0.25, 0.3) is 0 Å². The summed E-state index contributed by atoms with van der Waals surface area (Å²) in [6, 6.07) is 0. The first-order valence-electron chi connectivity index (χ1n) is 7.11. The zero-order valence-corrected chi connectivity index (χ0v) is 12.4. The van der Waals surface area contributed by atoms with E-state index >= 15 is 0 Å². The molecular weight excluding hydrogens is 240 g/mol. The van der Waals surface area contributed by atoms with Crippen molar-refractivity contribution < 1.29 is 9.53 Å². The minimum atomic E-state index is 0.255. The number of nitrogens with zero attached hydrogens (tertiary/aromatic N) is 2. The molecule has 1 fully saturated rings. The third-order valence-electron chi connectivity index (χ3n) is 3.16. The van der Waals surface area contributed by atoms with E-state index in [9.17, 15) is 4.79 Å². The monoisotopic (exact) mass is 266 g/mol. The van der Waals surface area contributed by atoms with Gasteiger partial charge < -0.3 is 9.64 Å². The Kier molecular flexibility index (Phi) is 7.54. The molecule has 0 aromatic carbocycles. The smallest absolute Gasteiger partial charge is 0.222 e. The Bertz CT molecular complexity index is 323. The average Bonchev–Trinajstić information content (AvgIpc) is 2.39. The molecule has 19 heavy (non-hydrogen) atoms. The fraction of sp³-hybridized carbons (Fsp3) is 0.800. The van der Waals surface area contributed by atoms with Gasteiger partial charge in [0.25, 0.3) is 0 Å². The van der Waals surface area contributed by atoms with Crippen LogP contribution >= 0.6 is 0 Å². The Morgan fingerprint density at radius 2 is 1.95 bits per heavy atom. The molecule has 0 spiro atoms. The molecule has 1 rings (SSSR count). The van der Waals surface area contributed by atoms with Gasteiger partial charge in [0.15, 0.2) is 0 Å². The fourth-order valence-electron chi connectivity index (χ4n) is 2.04. The number of carbonyl (C=O) groups is 1. The van der Waals surface area contributed by atoms with Gasteiger partial charge in [0.1, 0.15) is 0 Å². The molecule has 0 bridgehead atoms. The lowest BCUT2D eigenvalue weighted by Crippen LogP contribution is -2.48. The van der Waals surface area contributed by atoms with Crippen molar-refractivity contribution in [3.05, 3.63) is 0 Å². The largest absolute Gasteiger partial charge is 0.385 e. The van der Waals surface area contributed by atoms with Crippen molar-refractivity contribution in [2.24, 2.45) is 5.92 Å². The number of carbonyl (C=O) groups excluding carboxylic acids is 1. The van der Waals surface area contributed by atoms with Crippen LogP contribution in [0, 0.1) is 17.8 Å². The zero-order chi connectivity index (χ0) is 14.1. The van der Waals surface area contributed by atoms with Crippen molar-refractivity contribution >= 4 is 5.91 Å². The summed E-state index contributed by atoms with van der Waals surface area (Å²) < 4.78 is 4.97. The summed E-state index contributed by atoms with van der Waals surface area (Å²) in [4.78, 5) is 16.2. The van der Waals surface area contributed by atoms with Crippen LogP contribution in [0.4, 0.5) is 0 Å². The van der Waals surface area contributed by atoms with E-state index in [1.165, 1.54) is 0 Å². The van der Waals surface area contributed by atoms with Gasteiger partial charge in [-0.25, -0.2) is 0 Å². The lowest BCUT2D eigenvalue weighted by Gasteiger charge is -2.33. The first-order chi connectivity index (χ1) is 9.13. The van der Waals surface area contributed by atoms with Gasteiger partial charge in [-0.1, -0.05) is 25.7 Å². The van der Waals surface area contributed by atoms with Crippen molar-refractivity contribution in [2.45, 2.75) is 26.7 Å². The lowest BCUT2D eigenvalue weighted by atomic mass is 10.2. The van der Waals surface area contributed by atoms with Gasteiger partial charge in [-0.05, 0) is 6.42 Å². The van der Waals surface area contributed by atoms with E-state index in [1.807, 2.05) is 4.90 Å². The van der Waals surface area contributed by atoms with Crippen LogP contribution < -0.4 is 0 Å². The van der Waals surface area contributed by atoms with Gasteiger partial charge in [-0.15, -0.1) is 0 Å².